The highest BCUT2D eigenvalue weighted by molar-refractivity contribution is 7.09. The number of carbonyl (C=O) groups is 1. The largest absolute Gasteiger partial charge is 0.486 e. The standard InChI is InChI=1S/C22H20N2O2S/c1-17-9-11-20(12-10-17)26-15-22-24-19(16-27-22)14-21(25)23-13-5-8-18-6-3-2-4-7-18/h2-4,6-7,9-12,16H,13-15H2,1H3,(H,23,25). The monoisotopic (exact) mass is 376 g/mol. The number of benzene rings is 2. The summed E-state index contributed by atoms with van der Waals surface area (Å²) in [6, 6.07) is 17.6. The van der Waals surface area contributed by atoms with Crippen molar-refractivity contribution in [2.75, 3.05) is 6.54 Å². The molecule has 3 rings (SSSR count). The zero-order valence-corrected chi connectivity index (χ0v) is 15.9. The highest BCUT2D eigenvalue weighted by Crippen LogP contribution is 2.16. The quantitative estimate of drug-likeness (QED) is 0.667. The Morgan fingerprint density at radius 2 is 1.93 bits per heavy atom. The van der Waals surface area contributed by atoms with Crippen molar-refractivity contribution in [3.8, 4) is 17.6 Å². The molecule has 0 aliphatic rings. The van der Waals surface area contributed by atoms with E-state index in [0.717, 1.165) is 22.0 Å². The molecule has 0 aliphatic heterocycles. The van der Waals surface area contributed by atoms with Crippen molar-refractivity contribution in [1.82, 2.24) is 10.3 Å². The summed E-state index contributed by atoms with van der Waals surface area (Å²) in [5, 5.41) is 5.54. The Morgan fingerprint density at radius 1 is 1.15 bits per heavy atom. The summed E-state index contributed by atoms with van der Waals surface area (Å²) >= 11 is 1.50. The molecule has 4 nitrogen and oxygen atoms in total. The first-order valence-corrected chi connectivity index (χ1v) is 9.50. The number of aromatic nitrogens is 1. The van der Waals surface area contributed by atoms with E-state index in [1.54, 1.807) is 0 Å². The van der Waals surface area contributed by atoms with E-state index in [1.165, 1.54) is 16.9 Å². The molecule has 2 aromatic carbocycles. The zero-order valence-electron chi connectivity index (χ0n) is 15.1. The van der Waals surface area contributed by atoms with Gasteiger partial charge in [-0.2, -0.15) is 0 Å². The topological polar surface area (TPSA) is 51.2 Å². The van der Waals surface area contributed by atoms with Gasteiger partial charge in [-0.15, -0.1) is 11.3 Å². The van der Waals surface area contributed by atoms with Crippen LogP contribution in [0.15, 0.2) is 60.0 Å². The average molecular weight is 376 g/mol. The molecule has 1 N–H and O–H groups in total. The van der Waals surface area contributed by atoms with E-state index in [-0.39, 0.29) is 12.3 Å². The molecule has 0 saturated heterocycles. The molecule has 0 bridgehead atoms. The summed E-state index contributed by atoms with van der Waals surface area (Å²) < 4.78 is 5.72. The van der Waals surface area contributed by atoms with Gasteiger partial charge in [0, 0.05) is 10.9 Å². The maximum absolute atomic E-state index is 12.0. The van der Waals surface area contributed by atoms with Crippen LogP contribution in [-0.4, -0.2) is 17.4 Å². The first kappa shape index (κ1) is 18.7. The fourth-order valence-electron chi connectivity index (χ4n) is 2.31. The minimum atomic E-state index is -0.0892. The Hall–Kier alpha value is -3.10. The van der Waals surface area contributed by atoms with Crippen LogP contribution in [0.2, 0.25) is 0 Å². The predicted octanol–water partition coefficient (Wildman–Crippen LogP) is 3.74. The number of hydrogen-bond acceptors (Lipinski definition) is 4. The van der Waals surface area contributed by atoms with Crippen LogP contribution in [0.5, 0.6) is 5.75 Å². The van der Waals surface area contributed by atoms with Gasteiger partial charge in [-0.05, 0) is 31.2 Å². The molecule has 136 valence electrons. The Labute approximate surface area is 163 Å². The van der Waals surface area contributed by atoms with Gasteiger partial charge in [0.05, 0.1) is 18.7 Å². The van der Waals surface area contributed by atoms with Gasteiger partial charge in [-0.1, -0.05) is 47.7 Å². The van der Waals surface area contributed by atoms with E-state index in [0.29, 0.717) is 13.2 Å². The van der Waals surface area contributed by atoms with Crippen molar-refractivity contribution >= 4 is 17.2 Å². The van der Waals surface area contributed by atoms with Crippen molar-refractivity contribution in [3.05, 3.63) is 81.8 Å². The number of ether oxygens (including phenoxy) is 1. The molecule has 5 heteroatoms. The average Bonchev–Trinajstić information content (AvgIpc) is 3.13. The normalized spacial score (nSPS) is 9.96. The van der Waals surface area contributed by atoms with Crippen molar-refractivity contribution in [2.24, 2.45) is 0 Å². The van der Waals surface area contributed by atoms with E-state index < -0.39 is 0 Å². The van der Waals surface area contributed by atoms with E-state index in [1.807, 2.05) is 66.9 Å². The number of amides is 1. The molecular weight excluding hydrogens is 356 g/mol. The molecular formula is C22H20N2O2S. The molecule has 0 unspecified atom stereocenters. The van der Waals surface area contributed by atoms with Crippen LogP contribution in [0.1, 0.15) is 21.8 Å². The number of rotatable bonds is 6. The third-order valence-corrected chi connectivity index (χ3v) is 4.58. The van der Waals surface area contributed by atoms with Crippen LogP contribution in [0, 0.1) is 18.8 Å². The van der Waals surface area contributed by atoms with Crippen molar-refractivity contribution < 1.29 is 9.53 Å². The summed E-state index contributed by atoms with van der Waals surface area (Å²) in [5.74, 6) is 6.68. The third-order valence-electron chi connectivity index (χ3n) is 3.70. The van der Waals surface area contributed by atoms with Crippen molar-refractivity contribution in [1.29, 1.82) is 0 Å². The predicted molar refractivity (Wildman–Crippen MR) is 108 cm³/mol. The molecule has 1 heterocycles. The Kier molecular flexibility index (Phi) is 6.61. The second-order valence-corrected chi connectivity index (χ2v) is 6.90. The number of carbonyl (C=O) groups excluding carboxylic acids is 1. The molecule has 0 aliphatic carbocycles. The maximum Gasteiger partial charge on any atom is 0.226 e. The second-order valence-electron chi connectivity index (χ2n) is 5.96. The summed E-state index contributed by atoms with van der Waals surface area (Å²) in [6.07, 6.45) is 0.244. The number of nitrogens with zero attached hydrogens (tertiary/aromatic N) is 1. The minimum Gasteiger partial charge on any atom is -0.486 e. The number of thiazole rings is 1. The van der Waals surface area contributed by atoms with Gasteiger partial charge in [0.15, 0.2) is 0 Å². The summed E-state index contributed by atoms with van der Waals surface area (Å²) in [7, 11) is 0. The Bertz CT molecular complexity index is 938. The molecule has 1 aromatic heterocycles. The molecule has 0 saturated carbocycles. The van der Waals surface area contributed by atoms with Gasteiger partial charge >= 0.3 is 0 Å². The lowest BCUT2D eigenvalue weighted by molar-refractivity contribution is -0.120. The lowest BCUT2D eigenvalue weighted by Gasteiger charge is -2.03. The van der Waals surface area contributed by atoms with Gasteiger partial charge in [-0.25, -0.2) is 4.98 Å². The molecule has 27 heavy (non-hydrogen) atoms. The van der Waals surface area contributed by atoms with E-state index in [9.17, 15) is 4.79 Å². The molecule has 0 atom stereocenters. The lowest BCUT2D eigenvalue weighted by atomic mass is 10.2. The Morgan fingerprint density at radius 3 is 2.70 bits per heavy atom. The van der Waals surface area contributed by atoms with Gasteiger partial charge in [0.2, 0.25) is 5.91 Å². The lowest BCUT2D eigenvalue weighted by Crippen LogP contribution is -2.25. The van der Waals surface area contributed by atoms with Crippen LogP contribution in [0.3, 0.4) is 0 Å². The van der Waals surface area contributed by atoms with Crippen molar-refractivity contribution in [3.63, 3.8) is 0 Å². The van der Waals surface area contributed by atoms with E-state index >= 15 is 0 Å². The number of aryl methyl sites for hydroxylation is 1. The van der Waals surface area contributed by atoms with Crippen molar-refractivity contribution in [2.45, 2.75) is 20.0 Å². The van der Waals surface area contributed by atoms with Gasteiger partial charge in [0.25, 0.3) is 0 Å². The van der Waals surface area contributed by atoms with E-state index in [2.05, 4.69) is 22.1 Å². The summed E-state index contributed by atoms with van der Waals surface area (Å²) in [5.41, 5.74) is 2.87. The zero-order chi connectivity index (χ0) is 18.9. The molecule has 0 spiro atoms. The molecule has 3 aromatic rings. The summed E-state index contributed by atoms with van der Waals surface area (Å²) in [6.45, 7) is 2.76. The summed E-state index contributed by atoms with van der Waals surface area (Å²) in [4.78, 5) is 16.5. The minimum absolute atomic E-state index is 0.0892. The van der Waals surface area contributed by atoms with Gasteiger partial charge in [0.1, 0.15) is 17.4 Å². The SMILES string of the molecule is Cc1ccc(OCc2nc(CC(=O)NCC#Cc3ccccc3)cs2)cc1. The fraction of sp³-hybridized carbons (Fsp3) is 0.182. The third kappa shape index (κ3) is 6.28. The number of hydrogen-bond donors (Lipinski definition) is 1. The highest BCUT2D eigenvalue weighted by Gasteiger charge is 2.07. The molecule has 0 radical (unpaired) electrons. The molecule has 0 fully saturated rings. The van der Waals surface area contributed by atoms with Gasteiger partial charge in [-0.3, -0.25) is 4.79 Å². The van der Waals surface area contributed by atoms with E-state index in [4.69, 9.17) is 4.74 Å². The fourth-order valence-corrected chi connectivity index (χ4v) is 3.02. The second kappa shape index (κ2) is 9.56. The maximum atomic E-state index is 12.0. The van der Waals surface area contributed by atoms with Crippen LogP contribution in [0.25, 0.3) is 0 Å². The van der Waals surface area contributed by atoms with Gasteiger partial charge < -0.3 is 10.1 Å². The number of nitrogens with one attached hydrogen (secondary N) is 1. The van der Waals surface area contributed by atoms with Crippen LogP contribution in [-0.2, 0) is 17.8 Å². The first-order valence-electron chi connectivity index (χ1n) is 8.62. The Balaban J connectivity index is 1.42. The first-order chi connectivity index (χ1) is 13.2. The molecule has 1 amide bonds. The highest BCUT2D eigenvalue weighted by atomic mass is 32.1. The van der Waals surface area contributed by atoms with Crippen LogP contribution in [0.4, 0.5) is 0 Å². The smallest absolute Gasteiger partial charge is 0.226 e. The van der Waals surface area contributed by atoms with Crippen LogP contribution >= 0.6 is 11.3 Å². The van der Waals surface area contributed by atoms with Crippen LogP contribution < -0.4 is 10.1 Å².